The summed E-state index contributed by atoms with van der Waals surface area (Å²) in [6.45, 7) is 3.23. The second-order valence-electron chi connectivity index (χ2n) is 6.89. The van der Waals surface area contributed by atoms with Crippen molar-refractivity contribution >= 4 is 46.6 Å². The first kappa shape index (κ1) is 24.3. The highest BCUT2D eigenvalue weighted by Crippen LogP contribution is 2.29. The van der Waals surface area contributed by atoms with Crippen molar-refractivity contribution in [2.75, 3.05) is 17.7 Å². The summed E-state index contributed by atoms with van der Waals surface area (Å²) in [5.41, 5.74) is 0.999. The molecule has 0 saturated heterocycles. The van der Waals surface area contributed by atoms with Crippen LogP contribution in [0.3, 0.4) is 0 Å². The van der Waals surface area contributed by atoms with E-state index in [0.717, 1.165) is 11.8 Å². The van der Waals surface area contributed by atoms with Crippen molar-refractivity contribution in [3.8, 4) is 17.0 Å². The fraction of sp³-hybridized carbons (Fsp3) is 0.227. The van der Waals surface area contributed by atoms with Crippen molar-refractivity contribution in [3.05, 3.63) is 57.8 Å². The van der Waals surface area contributed by atoms with Gasteiger partial charge < -0.3 is 15.4 Å². The second-order valence-corrected chi connectivity index (χ2v) is 8.49. The molecule has 0 unspecified atom stereocenters. The Morgan fingerprint density at radius 1 is 1.18 bits per heavy atom. The third kappa shape index (κ3) is 6.11. The van der Waals surface area contributed by atoms with Gasteiger partial charge in [0.1, 0.15) is 5.75 Å². The first-order chi connectivity index (χ1) is 15.8. The summed E-state index contributed by atoms with van der Waals surface area (Å²) < 4.78 is 5.11. The molecular formula is C22H22ClN5O4S. The maximum absolute atomic E-state index is 12.7. The Morgan fingerprint density at radius 3 is 2.58 bits per heavy atom. The maximum Gasteiger partial charge on any atom is 0.278 e. The molecule has 1 aromatic heterocycles. The zero-order valence-corrected chi connectivity index (χ0v) is 19.7. The fourth-order valence-corrected chi connectivity index (χ4v) is 4.06. The van der Waals surface area contributed by atoms with Crippen LogP contribution < -0.4 is 20.9 Å². The number of halogens is 1. The van der Waals surface area contributed by atoms with E-state index in [9.17, 15) is 14.4 Å². The van der Waals surface area contributed by atoms with Crippen molar-refractivity contribution in [2.24, 2.45) is 0 Å². The number of nitrogens with one attached hydrogen (secondary N) is 3. The van der Waals surface area contributed by atoms with Crippen molar-refractivity contribution in [1.29, 1.82) is 0 Å². The molecule has 1 heterocycles. The number of hydrogen-bond donors (Lipinski definition) is 3. The molecule has 0 saturated carbocycles. The van der Waals surface area contributed by atoms with Gasteiger partial charge in [0.25, 0.3) is 5.56 Å². The fourth-order valence-electron chi connectivity index (χ4n) is 2.96. The number of methoxy groups -OCH3 is 1. The van der Waals surface area contributed by atoms with E-state index in [0.29, 0.717) is 34.1 Å². The molecule has 0 aliphatic heterocycles. The third-order valence-corrected chi connectivity index (χ3v) is 6.04. The minimum absolute atomic E-state index is 0.0640. The number of hydrogen-bond acceptors (Lipinski definition) is 7. The number of H-pyrrole nitrogens is 1. The molecule has 0 spiro atoms. The van der Waals surface area contributed by atoms with Crippen LogP contribution in [0.5, 0.6) is 5.75 Å². The average Bonchev–Trinajstić information content (AvgIpc) is 2.78. The number of aromatic nitrogens is 3. The molecule has 33 heavy (non-hydrogen) atoms. The lowest BCUT2D eigenvalue weighted by molar-refractivity contribution is -0.116. The molecule has 3 rings (SSSR count). The largest absolute Gasteiger partial charge is 0.495 e. The molecule has 172 valence electrons. The van der Waals surface area contributed by atoms with Gasteiger partial charge in [-0.15, -0.1) is 10.2 Å². The number of carbonyl (C=O) groups is 2. The smallest absolute Gasteiger partial charge is 0.278 e. The van der Waals surface area contributed by atoms with Crippen LogP contribution in [-0.2, 0) is 9.59 Å². The Bertz CT molecular complexity index is 1230. The Hall–Kier alpha value is -3.37. The molecule has 0 aliphatic rings. The topological polar surface area (TPSA) is 126 Å². The molecule has 3 N–H and O–H groups in total. The highest BCUT2D eigenvalue weighted by Gasteiger charge is 2.21. The van der Waals surface area contributed by atoms with Gasteiger partial charge in [-0.25, -0.2) is 0 Å². The number of rotatable bonds is 8. The van der Waals surface area contributed by atoms with Crippen molar-refractivity contribution in [2.45, 2.75) is 30.7 Å². The Morgan fingerprint density at radius 2 is 1.94 bits per heavy atom. The van der Waals surface area contributed by atoms with E-state index < -0.39 is 10.8 Å². The number of benzene rings is 2. The molecule has 2 aromatic carbocycles. The minimum Gasteiger partial charge on any atom is -0.495 e. The lowest BCUT2D eigenvalue weighted by Crippen LogP contribution is -2.25. The first-order valence-electron chi connectivity index (χ1n) is 9.97. The zero-order valence-electron chi connectivity index (χ0n) is 18.1. The molecule has 0 fully saturated rings. The van der Waals surface area contributed by atoms with Crippen molar-refractivity contribution in [1.82, 2.24) is 15.2 Å². The van der Waals surface area contributed by atoms with Crippen LogP contribution in [-0.4, -0.2) is 39.4 Å². The van der Waals surface area contributed by atoms with Crippen molar-refractivity contribution in [3.63, 3.8) is 0 Å². The summed E-state index contributed by atoms with van der Waals surface area (Å²) in [4.78, 5) is 39.6. The van der Waals surface area contributed by atoms with E-state index in [2.05, 4.69) is 25.8 Å². The minimum atomic E-state index is -0.534. The summed E-state index contributed by atoms with van der Waals surface area (Å²) >= 11 is 7.21. The first-order valence-corrected chi connectivity index (χ1v) is 11.2. The van der Waals surface area contributed by atoms with E-state index in [-0.39, 0.29) is 22.7 Å². The van der Waals surface area contributed by atoms with Crippen LogP contribution in [0, 0.1) is 0 Å². The second kappa shape index (κ2) is 11.0. The van der Waals surface area contributed by atoms with Crippen molar-refractivity contribution < 1.29 is 14.3 Å². The van der Waals surface area contributed by atoms with Crippen LogP contribution in [0.2, 0.25) is 5.02 Å². The quantitative estimate of drug-likeness (QED) is 0.410. The van der Waals surface area contributed by atoms with Gasteiger partial charge in [0.05, 0.1) is 23.1 Å². The summed E-state index contributed by atoms with van der Waals surface area (Å²) in [6.07, 6.45) is 0.483. The number of carbonyl (C=O) groups excluding carboxylic acids is 2. The van der Waals surface area contributed by atoms with Gasteiger partial charge in [-0.3, -0.25) is 19.4 Å². The third-order valence-electron chi connectivity index (χ3n) is 4.51. The Balaban J connectivity index is 1.77. The number of ether oxygens (including phenoxy) is 1. The van der Waals surface area contributed by atoms with Crippen LogP contribution in [0.15, 0.2) is 52.4 Å². The monoisotopic (exact) mass is 487 g/mol. The maximum atomic E-state index is 12.7. The highest BCUT2D eigenvalue weighted by atomic mass is 35.5. The molecule has 0 radical (unpaired) electrons. The molecule has 3 aromatic rings. The molecule has 9 nitrogen and oxygen atoms in total. The molecule has 0 bridgehead atoms. The van der Waals surface area contributed by atoms with Gasteiger partial charge in [0, 0.05) is 18.2 Å². The van der Waals surface area contributed by atoms with Gasteiger partial charge in [-0.05, 0) is 30.7 Å². The van der Waals surface area contributed by atoms with E-state index in [4.69, 9.17) is 16.3 Å². The molecule has 2 amide bonds. The van der Waals surface area contributed by atoms with E-state index >= 15 is 0 Å². The van der Waals surface area contributed by atoms with Gasteiger partial charge in [-0.2, -0.15) is 0 Å². The number of para-hydroxylation sites is 1. The predicted octanol–water partition coefficient (Wildman–Crippen LogP) is 3.96. The normalized spacial score (nSPS) is 11.5. The molecule has 11 heteroatoms. The number of anilines is 2. The Labute approximate surface area is 199 Å². The van der Waals surface area contributed by atoms with Crippen LogP contribution >= 0.6 is 23.4 Å². The molecule has 1 atom stereocenters. The molecule has 0 aliphatic carbocycles. The summed E-state index contributed by atoms with van der Waals surface area (Å²) in [5.74, 6) is -0.0375. The number of nitrogens with zero attached hydrogens (tertiary/aromatic N) is 2. The number of thioether (sulfide) groups is 1. The van der Waals surface area contributed by atoms with Gasteiger partial charge in [0.2, 0.25) is 11.8 Å². The van der Waals surface area contributed by atoms with Crippen LogP contribution in [0.4, 0.5) is 11.4 Å². The Kier molecular flexibility index (Phi) is 8.07. The van der Waals surface area contributed by atoms with Crippen LogP contribution in [0.1, 0.15) is 20.3 Å². The van der Waals surface area contributed by atoms with E-state index in [1.54, 1.807) is 42.5 Å². The predicted molar refractivity (Wildman–Crippen MR) is 129 cm³/mol. The number of amides is 2. The van der Waals surface area contributed by atoms with E-state index in [1.165, 1.54) is 14.0 Å². The lowest BCUT2D eigenvalue weighted by Gasteiger charge is -2.15. The van der Waals surface area contributed by atoms with Gasteiger partial charge >= 0.3 is 0 Å². The standard InChI is InChI=1S/C22H22ClN5O4S/c1-4-18(20(30)25-13-9-10-17(32-3)15(23)11-13)33-22-26-21(31)19(27-28-22)14-7-5-6-8-16(14)24-12(2)29/h5-11,18H,4H2,1-3H3,(H,24,29)(H,25,30)(H,26,28,31)/t18-/m1/s1. The molecular weight excluding hydrogens is 466 g/mol. The lowest BCUT2D eigenvalue weighted by atomic mass is 10.1. The SMILES string of the molecule is CC[C@@H](Sc1nnc(-c2ccccc2NC(C)=O)c(=O)[nH]1)C(=O)Nc1ccc(OC)c(Cl)c1. The van der Waals surface area contributed by atoms with Gasteiger partial charge in [-0.1, -0.05) is 48.5 Å². The summed E-state index contributed by atoms with van der Waals surface area (Å²) in [5, 5.41) is 13.6. The van der Waals surface area contributed by atoms with Gasteiger partial charge in [0.15, 0.2) is 10.9 Å². The highest BCUT2D eigenvalue weighted by molar-refractivity contribution is 8.00. The number of aromatic amines is 1. The zero-order chi connectivity index (χ0) is 24.0. The summed E-state index contributed by atoms with van der Waals surface area (Å²) in [7, 11) is 1.51. The van der Waals surface area contributed by atoms with E-state index in [1.807, 2.05) is 6.92 Å². The van der Waals surface area contributed by atoms with Crippen LogP contribution in [0.25, 0.3) is 11.3 Å². The average molecular weight is 488 g/mol. The summed E-state index contributed by atoms with van der Waals surface area (Å²) in [6, 6.07) is 11.7.